The molecule has 2 rings (SSSR count). The SMILES string of the molecule is CC(N)C(C)C(=O)N(CC1CC1)C1CCCCC1.Cl. The molecular weight excluding hydrogens is 260 g/mol. The highest BCUT2D eigenvalue weighted by atomic mass is 35.5. The summed E-state index contributed by atoms with van der Waals surface area (Å²) < 4.78 is 0. The molecule has 0 saturated heterocycles. The Bertz CT molecular complexity index is 286. The molecule has 2 aliphatic rings. The van der Waals surface area contributed by atoms with Crippen LogP contribution in [0.15, 0.2) is 0 Å². The van der Waals surface area contributed by atoms with Crippen LogP contribution in [0, 0.1) is 11.8 Å². The zero-order valence-electron chi connectivity index (χ0n) is 12.3. The molecule has 2 fully saturated rings. The minimum absolute atomic E-state index is 0. The zero-order valence-corrected chi connectivity index (χ0v) is 13.1. The second-order valence-electron chi connectivity index (χ2n) is 6.37. The lowest BCUT2D eigenvalue weighted by Gasteiger charge is -2.37. The number of rotatable bonds is 5. The Hall–Kier alpha value is -0.280. The van der Waals surface area contributed by atoms with Crippen molar-refractivity contribution in [3.8, 4) is 0 Å². The molecule has 2 unspecified atom stereocenters. The van der Waals surface area contributed by atoms with Gasteiger partial charge in [-0.2, -0.15) is 0 Å². The number of nitrogens with two attached hydrogens (primary N) is 1. The lowest BCUT2D eigenvalue weighted by atomic mass is 9.92. The highest BCUT2D eigenvalue weighted by Crippen LogP contribution is 2.33. The van der Waals surface area contributed by atoms with Gasteiger partial charge in [0.25, 0.3) is 0 Å². The molecule has 2 atom stereocenters. The van der Waals surface area contributed by atoms with Crippen LogP contribution in [0.25, 0.3) is 0 Å². The van der Waals surface area contributed by atoms with Gasteiger partial charge in [0.1, 0.15) is 0 Å². The van der Waals surface area contributed by atoms with E-state index in [1.807, 2.05) is 13.8 Å². The molecule has 19 heavy (non-hydrogen) atoms. The highest BCUT2D eigenvalue weighted by molar-refractivity contribution is 5.85. The molecule has 0 spiro atoms. The molecule has 0 aromatic rings. The maximum Gasteiger partial charge on any atom is 0.227 e. The van der Waals surface area contributed by atoms with Gasteiger partial charge in [0.05, 0.1) is 5.92 Å². The van der Waals surface area contributed by atoms with Gasteiger partial charge in [0.2, 0.25) is 5.91 Å². The number of carbonyl (C=O) groups is 1. The number of amides is 1. The third-order valence-electron chi connectivity index (χ3n) is 4.63. The first kappa shape index (κ1) is 16.8. The first-order valence-electron chi connectivity index (χ1n) is 7.65. The average Bonchev–Trinajstić information content (AvgIpc) is 3.19. The summed E-state index contributed by atoms with van der Waals surface area (Å²) in [5, 5.41) is 0. The molecule has 0 aromatic heterocycles. The van der Waals surface area contributed by atoms with Gasteiger partial charge in [-0.3, -0.25) is 4.79 Å². The largest absolute Gasteiger partial charge is 0.339 e. The first-order valence-corrected chi connectivity index (χ1v) is 7.65. The third kappa shape index (κ3) is 4.64. The minimum Gasteiger partial charge on any atom is -0.339 e. The summed E-state index contributed by atoms with van der Waals surface area (Å²) in [5.74, 6) is 1.03. The fourth-order valence-corrected chi connectivity index (χ4v) is 2.88. The maximum atomic E-state index is 12.6. The molecule has 0 bridgehead atoms. The van der Waals surface area contributed by atoms with E-state index in [2.05, 4.69) is 4.90 Å². The Morgan fingerprint density at radius 3 is 2.21 bits per heavy atom. The topological polar surface area (TPSA) is 46.3 Å². The van der Waals surface area contributed by atoms with Crippen molar-refractivity contribution in [1.29, 1.82) is 0 Å². The summed E-state index contributed by atoms with van der Waals surface area (Å²) in [6, 6.07) is 0.454. The molecule has 0 heterocycles. The smallest absolute Gasteiger partial charge is 0.227 e. The van der Waals surface area contributed by atoms with Gasteiger partial charge in [0, 0.05) is 18.6 Å². The molecule has 2 N–H and O–H groups in total. The van der Waals surface area contributed by atoms with Crippen molar-refractivity contribution in [1.82, 2.24) is 4.90 Å². The summed E-state index contributed by atoms with van der Waals surface area (Å²) in [5.41, 5.74) is 5.90. The summed E-state index contributed by atoms with van der Waals surface area (Å²) in [6.07, 6.45) is 8.92. The first-order chi connectivity index (χ1) is 8.59. The summed E-state index contributed by atoms with van der Waals surface area (Å²) in [4.78, 5) is 14.8. The van der Waals surface area contributed by atoms with Crippen LogP contribution in [0.3, 0.4) is 0 Å². The molecule has 2 aliphatic carbocycles. The molecule has 2 saturated carbocycles. The predicted octanol–water partition coefficient (Wildman–Crippen LogP) is 2.96. The van der Waals surface area contributed by atoms with E-state index >= 15 is 0 Å². The van der Waals surface area contributed by atoms with Gasteiger partial charge < -0.3 is 10.6 Å². The van der Waals surface area contributed by atoms with Gasteiger partial charge in [-0.15, -0.1) is 12.4 Å². The summed E-state index contributed by atoms with van der Waals surface area (Å²) in [6.45, 7) is 4.91. The lowest BCUT2D eigenvalue weighted by molar-refractivity contribution is -0.138. The molecule has 112 valence electrons. The second-order valence-corrected chi connectivity index (χ2v) is 6.37. The molecule has 3 nitrogen and oxygen atoms in total. The van der Waals surface area contributed by atoms with Gasteiger partial charge in [-0.25, -0.2) is 0 Å². The van der Waals surface area contributed by atoms with E-state index in [0.29, 0.717) is 11.9 Å². The number of hydrogen-bond donors (Lipinski definition) is 1. The fourth-order valence-electron chi connectivity index (χ4n) is 2.88. The second kappa shape index (κ2) is 7.49. The lowest BCUT2D eigenvalue weighted by Crippen LogP contribution is -2.48. The Balaban J connectivity index is 0.00000180. The Labute approximate surface area is 123 Å². The van der Waals surface area contributed by atoms with Crippen molar-refractivity contribution in [3.63, 3.8) is 0 Å². The van der Waals surface area contributed by atoms with E-state index in [9.17, 15) is 4.79 Å². The van der Waals surface area contributed by atoms with E-state index in [0.717, 1.165) is 12.5 Å². The van der Waals surface area contributed by atoms with Crippen molar-refractivity contribution >= 4 is 18.3 Å². The van der Waals surface area contributed by atoms with Gasteiger partial charge in [-0.05, 0) is 38.5 Å². The molecule has 0 aromatic carbocycles. The quantitative estimate of drug-likeness (QED) is 0.845. The van der Waals surface area contributed by atoms with Crippen molar-refractivity contribution < 1.29 is 4.79 Å². The number of nitrogens with zero attached hydrogens (tertiary/aromatic N) is 1. The Morgan fingerprint density at radius 2 is 1.74 bits per heavy atom. The van der Waals surface area contributed by atoms with E-state index in [-0.39, 0.29) is 24.4 Å². The van der Waals surface area contributed by atoms with E-state index < -0.39 is 0 Å². The average molecular weight is 289 g/mol. The van der Waals surface area contributed by atoms with Crippen LogP contribution in [0.5, 0.6) is 0 Å². The van der Waals surface area contributed by atoms with E-state index in [1.165, 1.54) is 44.9 Å². The molecule has 4 heteroatoms. The van der Waals surface area contributed by atoms with Gasteiger partial charge >= 0.3 is 0 Å². The van der Waals surface area contributed by atoms with Crippen molar-refractivity contribution in [2.45, 2.75) is 70.9 Å². The van der Waals surface area contributed by atoms with Crippen molar-refractivity contribution in [2.24, 2.45) is 17.6 Å². The van der Waals surface area contributed by atoms with Crippen LogP contribution in [-0.2, 0) is 4.79 Å². The Kier molecular flexibility index (Phi) is 6.61. The van der Waals surface area contributed by atoms with Crippen LogP contribution >= 0.6 is 12.4 Å². The fraction of sp³-hybridized carbons (Fsp3) is 0.933. The molecule has 0 aliphatic heterocycles. The maximum absolute atomic E-state index is 12.6. The Morgan fingerprint density at radius 1 is 1.16 bits per heavy atom. The number of carbonyl (C=O) groups excluding carboxylic acids is 1. The van der Waals surface area contributed by atoms with Crippen LogP contribution in [0.2, 0.25) is 0 Å². The van der Waals surface area contributed by atoms with Gasteiger partial charge in [-0.1, -0.05) is 26.2 Å². The predicted molar refractivity (Wildman–Crippen MR) is 81.4 cm³/mol. The van der Waals surface area contributed by atoms with E-state index in [4.69, 9.17) is 5.73 Å². The van der Waals surface area contributed by atoms with E-state index in [1.54, 1.807) is 0 Å². The van der Waals surface area contributed by atoms with Crippen LogP contribution < -0.4 is 5.73 Å². The van der Waals surface area contributed by atoms with Crippen molar-refractivity contribution in [2.75, 3.05) is 6.54 Å². The summed E-state index contributed by atoms with van der Waals surface area (Å²) in [7, 11) is 0. The van der Waals surface area contributed by atoms with Crippen LogP contribution in [-0.4, -0.2) is 29.4 Å². The highest BCUT2D eigenvalue weighted by Gasteiger charge is 2.34. The summed E-state index contributed by atoms with van der Waals surface area (Å²) >= 11 is 0. The monoisotopic (exact) mass is 288 g/mol. The molecule has 0 radical (unpaired) electrons. The molecule has 1 amide bonds. The zero-order chi connectivity index (χ0) is 13.1. The van der Waals surface area contributed by atoms with Crippen LogP contribution in [0.4, 0.5) is 0 Å². The third-order valence-corrected chi connectivity index (χ3v) is 4.63. The van der Waals surface area contributed by atoms with Crippen molar-refractivity contribution in [3.05, 3.63) is 0 Å². The number of halogens is 1. The number of hydrogen-bond acceptors (Lipinski definition) is 2. The standard InChI is InChI=1S/C15H28N2O.ClH/c1-11(12(2)16)15(18)17(10-13-8-9-13)14-6-4-3-5-7-14;/h11-14H,3-10,16H2,1-2H3;1H. The molecular formula is C15H29ClN2O. The normalized spacial score (nSPS) is 23.3. The van der Waals surface area contributed by atoms with Gasteiger partial charge in [0.15, 0.2) is 0 Å². The minimum atomic E-state index is -0.0391. The van der Waals surface area contributed by atoms with Crippen LogP contribution in [0.1, 0.15) is 58.8 Å².